The highest BCUT2D eigenvalue weighted by molar-refractivity contribution is 6.18. The zero-order valence-corrected chi connectivity index (χ0v) is 8.28. The number of benzene rings is 1. The summed E-state index contributed by atoms with van der Waals surface area (Å²) in [5.74, 6) is -0.108. The third-order valence-electron chi connectivity index (χ3n) is 1.60. The van der Waals surface area contributed by atoms with E-state index in [1.807, 2.05) is 0 Å². The van der Waals surface area contributed by atoms with Crippen molar-refractivity contribution in [2.24, 2.45) is 4.99 Å². The first kappa shape index (κ1) is 11.1. The van der Waals surface area contributed by atoms with Crippen molar-refractivity contribution in [2.75, 3.05) is 12.4 Å². The SMILES string of the molecule is O[C@@H](CCl)C/N=C/c1ccc(F)cc1. The number of alkyl halides is 1. The molecule has 1 rings (SSSR count). The first-order chi connectivity index (χ1) is 6.72. The Labute approximate surface area is 87.0 Å². The molecule has 76 valence electrons. The molecule has 1 aromatic carbocycles. The summed E-state index contributed by atoms with van der Waals surface area (Å²) in [4.78, 5) is 3.96. The lowest BCUT2D eigenvalue weighted by molar-refractivity contribution is 0.207. The predicted molar refractivity (Wildman–Crippen MR) is 55.6 cm³/mol. The maximum atomic E-state index is 12.5. The van der Waals surface area contributed by atoms with E-state index in [1.165, 1.54) is 12.1 Å². The summed E-state index contributed by atoms with van der Waals surface area (Å²) in [7, 11) is 0. The number of hydrogen-bond donors (Lipinski definition) is 1. The molecule has 2 nitrogen and oxygen atoms in total. The Kier molecular flexibility index (Phi) is 4.56. The lowest BCUT2D eigenvalue weighted by atomic mass is 10.2. The van der Waals surface area contributed by atoms with E-state index in [-0.39, 0.29) is 18.2 Å². The standard InChI is InChI=1S/C10H11ClFNO/c11-5-10(14)7-13-6-8-1-3-9(12)4-2-8/h1-4,6,10,14H,5,7H2/b13-6+/t10-/m0/s1. The molecule has 0 spiro atoms. The van der Waals surface area contributed by atoms with Gasteiger partial charge in [0.1, 0.15) is 5.82 Å². The van der Waals surface area contributed by atoms with Gasteiger partial charge in [-0.25, -0.2) is 4.39 Å². The zero-order chi connectivity index (χ0) is 10.4. The Balaban J connectivity index is 2.48. The molecule has 0 radical (unpaired) electrons. The first-order valence-electron chi connectivity index (χ1n) is 4.22. The van der Waals surface area contributed by atoms with Gasteiger partial charge in [-0.2, -0.15) is 0 Å². The molecule has 0 fully saturated rings. The Morgan fingerprint density at radius 1 is 1.43 bits per heavy atom. The second-order valence-electron chi connectivity index (χ2n) is 2.85. The van der Waals surface area contributed by atoms with Gasteiger partial charge in [0.05, 0.1) is 18.5 Å². The van der Waals surface area contributed by atoms with E-state index in [4.69, 9.17) is 16.7 Å². The molecule has 0 aliphatic rings. The number of aliphatic hydroxyl groups excluding tert-OH is 1. The fourth-order valence-electron chi connectivity index (χ4n) is 0.877. The van der Waals surface area contributed by atoms with Gasteiger partial charge in [0.15, 0.2) is 0 Å². The van der Waals surface area contributed by atoms with Crippen molar-refractivity contribution in [1.82, 2.24) is 0 Å². The van der Waals surface area contributed by atoms with Crippen LogP contribution in [0.25, 0.3) is 0 Å². The molecule has 0 aliphatic carbocycles. The van der Waals surface area contributed by atoms with E-state index in [9.17, 15) is 4.39 Å². The van der Waals surface area contributed by atoms with Crippen molar-refractivity contribution in [3.63, 3.8) is 0 Å². The molecule has 4 heteroatoms. The second-order valence-corrected chi connectivity index (χ2v) is 3.16. The van der Waals surface area contributed by atoms with Crippen LogP contribution in [0.1, 0.15) is 5.56 Å². The van der Waals surface area contributed by atoms with Crippen LogP contribution in [0, 0.1) is 5.82 Å². The minimum Gasteiger partial charge on any atom is -0.390 e. The molecule has 0 amide bonds. The first-order valence-corrected chi connectivity index (χ1v) is 4.75. The fraction of sp³-hybridized carbons (Fsp3) is 0.300. The van der Waals surface area contributed by atoms with Gasteiger partial charge in [0.25, 0.3) is 0 Å². The van der Waals surface area contributed by atoms with Gasteiger partial charge in [0.2, 0.25) is 0 Å². The molecule has 14 heavy (non-hydrogen) atoms. The summed E-state index contributed by atoms with van der Waals surface area (Å²) in [6.45, 7) is 0.265. The molecule has 1 atom stereocenters. The van der Waals surface area contributed by atoms with Gasteiger partial charge >= 0.3 is 0 Å². The van der Waals surface area contributed by atoms with E-state index in [1.54, 1.807) is 18.3 Å². The van der Waals surface area contributed by atoms with Crippen LogP contribution in [-0.2, 0) is 0 Å². The molecule has 1 N–H and O–H groups in total. The van der Waals surface area contributed by atoms with Crippen LogP contribution in [0.3, 0.4) is 0 Å². The van der Waals surface area contributed by atoms with E-state index in [2.05, 4.69) is 4.99 Å². The van der Waals surface area contributed by atoms with Crippen LogP contribution in [-0.4, -0.2) is 29.8 Å². The number of rotatable bonds is 4. The van der Waals surface area contributed by atoms with Crippen molar-refractivity contribution >= 4 is 17.8 Å². The highest BCUT2D eigenvalue weighted by atomic mass is 35.5. The fourth-order valence-corrected chi connectivity index (χ4v) is 0.975. The van der Waals surface area contributed by atoms with E-state index < -0.39 is 6.10 Å². The van der Waals surface area contributed by atoms with Crippen molar-refractivity contribution in [2.45, 2.75) is 6.10 Å². The summed E-state index contributed by atoms with van der Waals surface area (Å²) in [6.07, 6.45) is 0.961. The van der Waals surface area contributed by atoms with Gasteiger partial charge < -0.3 is 5.11 Å². The number of halogens is 2. The Bertz CT molecular complexity index is 299. The summed E-state index contributed by atoms with van der Waals surface area (Å²) < 4.78 is 12.5. The highest BCUT2D eigenvalue weighted by Crippen LogP contribution is 2.00. The normalized spacial score (nSPS) is 13.4. The molecule has 0 saturated heterocycles. The molecule has 0 heterocycles. The molecule has 1 aromatic rings. The lowest BCUT2D eigenvalue weighted by Gasteiger charge is -2.00. The molecular weight excluding hydrogens is 205 g/mol. The number of nitrogens with zero attached hydrogens (tertiary/aromatic N) is 1. The minimum absolute atomic E-state index is 0.167. The molecular formula is C10H11ClFNO. The maximum absolute atomic E-state index is 12.5. The van der Waals surface area contributed by atoms with Gasteiger partial charge in [-0.15, -0.1) is 11.6 Å². The monoisotopic (exact) mass is 215 g/mol. The van der Waals surface area contributed by atoms with Crippen LogP contribution in [0.5, 0.6) is 0 Å². The Hall–Kier alpha value is -0.930. The van der Waals surface area contributed by atoms with Crippen LogP contribution in [0.4, 0.5) is 4.39 Å². The minimum atomic E-state index is -0.617. The lowest BCUT2D eigenvalue weighted by Crippen LogP contribution is -2.12. The topological polar surface area (TPSA) is 32.6 Å². The largest absolute Gasteiger partial charge is 0.390 e. The van der Waals surface area contributed by atoms with Gasteiger partial charge in [-0.1, -0.05) is 12.1 Å². The zero-order valence-electron chi connectivity index (χ0n) is 7.53. The van der Waals surface area contributed by atoms with Gasteiger partial charge in [-0.3, -0.25) is 4.99 Å². The second kappa shape index (κ2) is 5.73. The maximum Gasteiger partial charge on any atom is 0.123 e. The van der Waals surface area contributed by atoms with Crippen molar-refractivity contribution in [1.29, 1.82) is 0 Å². The average molecular weight is 216 g/mol. The van der Waals surface area contributed by atoms with E-state index in [0.29, 0.717) is 0 Å². The Morgan fingerprint density at radius 3 is 2.64 bits per heavy atom. The van der Waals surface area contributed by atoms with Crippen LogP contribution < -0.4 is 0 Å². The van der Waals surface area contributed by atoms with Crippen molar-refractivity contribution in [3.8, 4) is 0 Å². The molecule has 0 saturated carbocycles. The van der Waals surface area contributed by atoms with Gasteiger partial charge in [-0.05, 0) is 17.7 Å². The summed E-state index contributed by atoms with van der Waals surface area (Å²) in [6, 6.07) is 5.95. The molecule has 0 bridgehead atoms. The van der Waals surface area contributed by atoms with E-state index in [0.717, 1.165) is 5.56 Å². The molecule has 0 aromatic heterocycles. The Morgan fingerprint density at radius 2 is 2.07 bits per heavy atom. The summed E-state index contributed by atoms with van der Waals surface area (Å²) in [5, 5.41) is 9.07. The predicted octanol–water partition coefficient (Wildman–Crippen LogP) is 1.84. The summed E-state index contributed by atoms with van der Waals surface area (Å²) in [5.41, 5.74) is 0.799. The van der Waals surface area contributed by atoms with Crippen LogP contribution >= 0.6 is 11.6 Å². The van der Waals surface area contributed by atoms with Crippen molar-refractivity contribution < 1.29 is 9.50 Å². The smallest absolute Gasteiger partial charge is 0.123 e. The number of aliphatic imine (C=N–C) groups is 1. The van der Waals surface area contributed by atoms with Crippen LogP contribution in [0.15, 0.2) is 29.3 Å². The average Bonchev–Trinajstić information content (AvgIpc) is 2.21. The van der Waals surface area contributed by atoms with E-state index >= 15 is 0 Å². The third-order valence-corrected chi connectivity index (χ3v) is 1.96. The van der Waals surface area contributed by atoms with Crippen molar-refractivity contribution in [3.05, 3.63) is 35.6 Å². The molecule has 0 aliphatic heterocycles. The number of aliphatic hydroxyl groups is 1. The quantitative estimate of drug-likeness (QED) is 0.604. The summed E-state index contributed by atoms with van der Waals surface area (Å²) >= 11 is 5.38. The highest BCUT2D eigenvalue weighted by Gasteiger charge is 1.97. The third kappa shape index (κ3) is 3.85. The number of hydrogen-bond acceptors (Lipinski definition) is 2. The van der Waals surface area contributed by atoms with Crippen LogP contribution in [0.2, 0.25) is 0 Å². The van der Waals surface area contributed by atoms with Gasteiger partial charge in [0, 0.05) is 6.21 Å². The molecule has 0 unspecified atom stereocenters.